The standard InChI is InChI=1S/C21H26ClNO2S/c1-4-19(25-20-11-7-8-15(2)16(20)3)21(24)23-12-13-26-14-17-9-5-6-10-18(17)22/h5-11,19H,4,12-14H2,1-3H3,(H,23,24). The maximum atomic E-state index is 12.4. The first-order chi connectivity index (χ1) is 12.5. The van der Waals surface area contributed by atoms with E-state index in [2.05, 4.69) is 5.32 Å². The zero-order chi connectivity index (χ0) is 18.9. The number of carbonyl (C=O) groups excluding carboxylic acids is 1. The predicted octanol–water partition coefficient (Wildman–Crippen LogP) is 5.16. The molecule has 2 aromatic rings. The second kappa shape index (κ2) is 10.5. The van der Waals surface area contributed by atoms with Gasteiger partial charge in [-0.3, -0.25) is 4.79 Å². The van der Waals surface area contributed by atoms with E-state index in [9.17, 15) is 4.79 Å². The highest BCUT2D eigenvalue weighted by Crippen LogP contribution is 2.23. The fraction of sp³-hybridized carbons (Fsp3) is 0.381. The molecule has 0 fully saturated rings. The molecule has 2 rings (SSSR count). The van der Waals surface area contributed by atoms with Crippen LogP contribution in [0.15, 0.2) is 42.5 Å². The van der Waals surface area contributed by atoms with E-state index in [1.807, 2.05) is 63.2 Å². The lowest BCUT2D eigenvalue weighted by atomic mass is 10.1. The van der Waals surface area contributed by atoms with Gasteiger partial charge in [-0.25, -0.2) is 0 Å². The maximum absolute atomic E-state index is 12.4. The molecule has 26 heavy (non-hydrogen) atoms. The fourth-order valence-electron chi connectivity index (χ4n) is 2.49. The Hall–Kier alpha value is -1.65. The molecule has 0 aliphatic carbocycles. The number of ether oxygens (including phenoxy) is 1. The van der Waals surface area contributed by atoms with E-state index in [-0.39, 0.29) is 5.91 Å². The number of hydrogen-bond acceptors (Lipinski definition) is 3. The van der Waals surface area contributed by atoms with Gasteiger partial charge in [0.2, 0.25) is 0 Å². The van der Waals surface area contributed by atoms with Crippen molar-refractivity contribution in [3.63, 3.8) is 0 Å². The Balaban J connectivity index is 1.76. The van der Waals surface area contributed by atoms with Crippen molar-refractivity contribution < 1.29 is 9.53 Å². The van der Waals surface area contributed by atoms with Crippen molar-refractivity contribution in [2.75, 3.05) is 12.3 Å². The Kier molecular flexibility index (Phi) is 8.33. The van der Waals surface area contributed by atoms with Gasteiger partial charge in [0.25, 0.3) is 5.91 Å². The second-order valence-corrected chi connectivity index (χ2v) is 7.66. The molecular formula is C21H26ClNO2S. The molecule has 0 spiro atoms. The topological polar surface area (TPSA) is 38.3 Å². The van der Waals surface area contributed by atoms with Gasteiger partial charge in [0.1, 0.15) is 5.75 Å². The van der Waals surface area contributed by atoms with E-state index in [0.717, 1.165) is 39.0 Å². The van der Waals surface area contributed by atoms with E-state index in [1.165, 1.54) is 0 Å². The molecule has 1 atom stereocenters. The van der Waals surface area contributed by atoms with Crippen LogP contribution in [-0.4, -0.2) is 24.3 Å². The van der Waals surface area contributed by atoms with Crippen LogP contribution in [0.25, 0.3) is 0 Å². The molecule has 1 unspecified atom stereocenters. The van der Waals surface area contributed by atoms with Gasteiger partial charge < -0.3 is 10.1 Å². The largest absolute Gasteiger partial charge is 0.480 e. The predicted molar refractivity (Wildman–Crippen MR) is 111 cm³/mol. The summed E-state index contributed by atoms with van der Waals surface area (Å²) in [6, 6.07) is 13.7. The number of carbonyl (C=O) groups is 1. The average Bonchev–Trinajstić information content (AvgIpc) is 2.64. The summed E-state index contributed by atoms with van der Waals surface area (Å²) < 4.78 is 5.94. The van der Waals surface area contributed by atoms with Gasteiger partial charge in [-0.1, -0.05) is 48.9 Å². The van der Waals surface area contributed by atoms with Crippen LogP contribution >= 0.6 is 23.4 Å². The van der Waals surface area contributed by atoms with Crippen molar-refractivity contribution in [2.24, 2.45) is 0 Å². The highest BCUT2D eigenvalue weighted by Gasteiger charge is 2.18. The monoisotopic (exact) mass is 391 g/mol. The summed E-state index contributed by atoms with van der Waals surface area (Å²) in [5, 5.41) is 3.76. The van der Waals surface area contributed by atoms with Crippen LogP contribution in [0.4, 0.5) is 0 Å². The number of hydrogen-bond donors (Lipinski definition) is 1. The van der Waals surface area contributed by atoms with Crippen molar-refractivity contribution in [3.05, 3.63) is 64.2 Å². The molecule has 2 aromatic carbocycles. The average molecular weight is 392 g/mol. The number of rotatable bonds is 9. The normalized spacial score (nSPS) is 11.8. The fourth-order valence-corrected chi connectivity index (χ4v) is 3.63. The van der Waals surface area contributed by atoms with Crippen LogP contribution in [0.5, 0.6) is 5.75 Å². The second-order valence-electron chi connectivity index (χ2n) is 6.15. The zero-order valence-electron chi connectivity index (χ0n) is 15.5. The third-order valence-electron chi connectivity index (χ3n) is 4.25. The lowest BCUT2D eigenvalue weighted by Crippen LogP contribution is -2.39. The first-order valence-electron chi connectivity index (χ1n) is 8.84. The smallest absolute Gasteiger partial charge is 0.261 e. The quantitative estimate of drug-likeness (QED) is 0.599. The third-order valence-corrected chi connectivity index (χ3v) is 5.63. The van der Waals surface area contributed by atoms with Crippen LogP contribution in [-0.2, 0) is 10.5 Å². The Morgan fingerprint density at radius 3 is 2.69 bits per heavy atom. The summed E-state index contributed by atoms with van der Waals surface area (Å²) in [4.78, 5) is 12.4. The molecule has 0 aromatic heterocycles. The number of halogens is 1. The number of amides is 1. The SMILES string of the molecule is CCC(Oc1cccc(C)c1C)C(=O)NCCSCc1ccccc1Cl. The Labute approximate surface area is 165 Å². The number of benzene rings is 2. The maximum Gasteiger partial charge on any atom is 0.261 e. The van der Waals surface area contributed by atoms with Crippen molar-refractivity contribution in [1.82, 2.24) is 5.32 Å². The molecule has 0 aliphatic rings. The Morgan fingerprint density at radius 2 is 1.96 bits per heavy atom. The molecule has 5 heteroatoms. The molecular weight excluding hydrogens is 366 g/mol. The molecule has 140 valence electrons. The summed E-state index contributed by atoms with van der Waals surface area (Å²) in [5.74, 6) is 2.38. The minimum absolute atomic E-state index is 0.0632. The molecule has 1 N–H and O–H groups in total. The van der Waals surface area contributed by atoms with Crippen molar-refractivity contribution >= 4 is 29.3 Å². The lowest BCUT2D eigenvalue weighted by molar-refractivity contribution is -0.128. The van der Waals surface area contributed by atoms with E-state index >= 15 is 0 Å². The van der Waals surface area contributed by atoms with Crippen molar-refractivity contribution in [3.8, 4) is 5.75 Å². The van der Waals surface area contributed by atoms with Gasteiger partial charge >= 0.3 is 0 Å². The molecule has 0 radical (unpaired) electrons. The van der Waals surface area contributed by atoms with Crippen LogP contribution in [0, 0.1) is 13.8 Å². The van der Waals surface area contributed by atoms with Crippen LogP contribution < -0.4 is 10.1 Å². The van der Waals surface area contributed by atoms with Crippen molar-refractivity contribution in [1.29, 1.82) is 0 Å². The number of aryl methyl sites for hydroxylation is 1. The summed E-state index contributed by atoms with van der Waals surface area (Å²) >= 11 is 7.90. The summed E-state index contributed by atoms with van der Waals surface area (Å²) in [6.45, 7) is 6.63. The van der Waals surface area contributed by atoms with Gasteiger partial charge in [-0.15, -0.1) is 0 Å². The van der Waals surface area contributed by atoms with Crippen molar-refractivity contribution in [2.45, 2.75) is 39.0 Å². The number of nitrogens with one attached hydrogen (secondary N) is 1. The molecule has 3 nitrogen and oxygen atoms in total. The highest BCUT2D eigenvalue weighted by molar-refractivity contribution is 7.98. The molecule has 0 saturated heterocycles. The van der Waals surface area contributed by atoms with Crippen LogP contribution in [0.3, 0.4) is 0 Å². The van der Waals surface area contributed by atoms with Crippen LogP contribution in [0.1, 0.15) is 30.0 Å². The van der Waals surface area contributed by atoms with E-state index < -0.39 is 6.10 Å². The summed E-state index contributed by atoms with van der Waals surface area (Å²) in [5.41, 5.74) is 3.36. The molecule has 0 heterocycles. The first-order valence-corrected chi connectivity index (χ1v) is 10.4. The molecule has 0 saturated carbocycles. The van der Waals surface area contributed by atoms with Gasteiger partial charge in [-0.05, 0) is 49.1 Å². The molecule has 1 amide bonds. The first kappa shape index (κ1) is 20.7. The van der Waals surface area contributed by atoms with Crippen LogP contribution in [0.2, 0.25) is 5.02 Å². The summed E-state index contributed by atoms with van der Waals surface area (Å²) in [7, 11) is 0. The van der Waals surface area contributed by atoms with Gasteiger partial charge in [0.15, 0.2) is 6.10 Å². The Bertz CT molecular complexity index is 736. The van der Waals surface area contributed by atoms with E-state index in [0.29, 0.717) is 13.0 Å². The minimum Gasteiger partial charge on any atom is -0.480 e. The molecule has 0 bridgehead atoms. The molecule has 0 aliphatic heterocycles. The van der Waals surface area contributed by atoms with Gasteiger partial charge in [0.05, 0.1) is 0 Å². The van der Waals surface area contributed by atoms with E-state index in [4.69, 9.17) is 16.3 Å². The zero-order valence-corrected chi connectivity index (χ0v) is 17.1. The lowest BCUT2D eigenvalue weighted by Gasteiger charge is -2.19. The van der Waals surface area contributed by atoms with Gasteiger partial charge in [0, 0.05) is 23.1 Å². The minimum atomic E-state index is -0.468. The van der Waals surface area contributed by atoms with E-state index in [1.54, 1.807) is 11.8 Å². The highest BCUT2D eigenvalue weighted by atomic mass is 35.5. The summed E-state index contributed by atoms with van der Waals surface area (Å²) in [6.07, 6.45) is 0.162. The third kappa shape index (κ3) is 5.96. The Morgan fingerprint density at radius 1 is 1.19 bits per heavy atom. The number of thioether (sulfide) groups is 1. The van der Waals surface area contributed by atoms with Gasteiger partial charge in [-0.2, -0.15) is 11.8 Å².